The summed E-state index contributed by atoms with van der Waals surface area (Å²) in [5, 5.41) is 5.38. The second-order valence-corrected chi connectivity index (χ2v) is 12.0. The number of fused-ring (bicyclic) bond motifs is 8. The Labute approximate surface area is 274 Å². The summed E-state index contributed by atoms with van der Waals surface area (Å²) in [6, 6.07) is 51.4. The van der Waals surface area contributed by atoms with Crippen LogP contribution in [0.1, 0.15) is 0 Å². The number of nitrogens with zero attached hydrogens (tertiary/aromatic N) is 3. The summed E-state index contributed by atoms with van der Waals surface area (Å²) < 4.78 is 12.8. The Morgan fingerprint density at radius 2 is 0.979 bits per heavy atom. The lowest BCUT2D eigenvalue weighted by atomic mass is 10.0. The summed E-state index contributed by atoms with van der Waals surface area (Å²) in [5.41, 5.74) is 10.5. The Balaban J connectivity index is 1.14. The van der Waals surface area contributed by atoms with Gasteiger partial charge in [-0.3, -0.25) is 0 Å². The second kappa shape index (κ2) is 10.5. The fourth-order valence-electron chi connectivity index (χ4n) is 6.82. The smallest absolute Gasteiger partial charge is 0.164 e. The molecule has 48 heavy (non-hydrogen) atoms. The molecule has 0 saturated heterocycles. The van der Waals surface area contributed by atoms with Crippen molar-refractivity contribution in [1.82, 2.24) is 15.0 Å². The lowest BCUT2D eigenvalue weighted by Gasteiger charge is -2.11. The molecule has 0 spiro atoms. The van der Waals surface area contributed by atoms with Crippen LogP contribution in [-0.4, -0.2) is 15.0 Å². The van der Waals surface area contributed by atoms with Crippen molar-refractivity contribution in [2.75, 3.05) is 0 Å². The summed E-state index contributed by atoms with van der Waals surface area (Å²) in [7, 11) is 0. The van der Waals surface area contributed by atoms with Gasteiger partial charge in [0.2, 0.25) is 0 Å². The Hall–Kier alpha value is -6.59. The molecule has 0 bridgehead atoms. The molecule has 5 nitrogen and oxygen atoms in total. The van der Waals surface area contributed by atoms with Crippen LogP contribution in [-0.2, 0) is 0 Å². The molecule has 6 aromatic carbocycles. The first-order valence-corrected chi connectivity index (χ1v) is 15.9. The molecule has 10 aromatic rings. The number of benzene rings is 6. The topological polar surface area (TPSA) is 65.0 Å². The summed E-state index contributed by atoms with van der Waals surface area (Å²) >= 11 is 0. The van der Waals surface area contributed by atoms with E-state index in [4.69, 9.17) is 23.8 Å². The third-order valence-corrected chi connectivity index (χ3v) is 9.11. The lowest BCUT2D eigenvalue weighted by Crippen LogP contribution is -1.96. The van der Waals surface area contributed by atoms with Gasteiger partial charge in [-0.15, -0.1) is 0 Å². The molecule has 0 aliphatic carbocycles. The maximum Gasteiger partial charge on any atom is 0.164 e. The fraction of sp³-hybridized carbons (Fsp3) is 0. The van der Waals surface area contributed by atoms with E-state index in [0.29, 0.717) is 5.82 Å². The maximum atomic E-state index is 6.46. The molecule has 0 unspecified atom stereocenters. The minimum absolute atomic E-state index is 0.611. The van der Waals surface area contributed by atoms with Gasteiger partial charge < -0.3 is 8.83 Å². The van der Waals surface area contributed by atoms with E-state index in [9.17, 15) is 0 Å². The molecule has 224 valence electrons. The Morgan fingerprint density at radius 1 is 0.396 bits per heavy atom. The molecule has 0 N–H and O–H groups in total. The van der Waals surface area contributed by atoms with Crippen LogP contribution in [0.5, 0.6) is 0 Å². The van der Waals surface area contributed by atoms with Crippen molar-refractivity contribution in [3.05, 3.63) is 152 Å². The van der Waals surface area contributed by atoms with Gasteiger partial charge in [-0.1, -0.05) is 121 Å². The minimum atomic E-state index is 0.611. The van der Waals surface area contributed by atoms with E-state index in [2.05, 4.69) is 78.9 Å². The van der Waals surface area contributed by atoms with E-state index in [0.717, 1.165) is 94.1 Å². The van der Waals surface area contributed by atoms with Gasteiger partial charge in [-0.05, 0) is 30.3 Å². The highest BCUT2D eigenvalue weighted by Gasteiger charge is 2.19. The van der Waals surface area contributed by atoms with Crippen molar-refractivity contribution in [3.63, 3.8) is 0 Å². The molecule has 0 fully saturated rings. The van der Waals surface area contributed by atoms with Gasteiger partial charge in [0.05, 0.1) is 22.5 Å². The first kappa shape index (κ1) is 26.6. The summed E-state index contributed by atoms with van der Waals surface area (Å²) in [5.74, 6) is 0.611. The minimum Gasteiger partial charge on any atom is -0.455 e. The van der Waals surface area contributed by atoms with Crippen molar-refractivity contribution in [1.29, 1.82) is 0 Å². The number of hydrogen-bond donors (Lipinski definition) is 0. The number of furan rings is 2. The molecule has 0 amide bonds. The van der Waals surface area contributed by atoms with Crippen molar-refractivity contribution >= 4 is 54.8 Å². The predicted octanol–water partition coefficient (Wildman–Crippen LogP) is 11.5. The zero-order valence-electron chi connectivity index (χ0n) is 25.6. The Kier molecular flexibility index (Phi) is 5.81. The van der Waals surface area contributed by atoms with E-state index in [1.807, 2.05) is 72.8 Å². The van der Waals surface area contributed by atoms with E-state index >= 15 is 0 Å². The molecule has 4 aromatic heterocycles. The molecule has 0 saturated carbocycles. The molecule has 4 heterocycles. The number of aromatic nitrogens is 3. The molecule has 5 heteroatoms. The van der Waals surface area contributed by atoms with Crippen LogP contribution in [0.3, 0.4) is 0 Å². The van der Waals surface area contributed by atoms with Crippen molar-refractivity contribution in [3.8, 4) is 45.2 Å². The number of para-hydroxylation sites is 4. The SMILES string of the molecule is c1ccc(-c2cc(-c3ccc(-c4nc5ccccc5c5c4oc4ccccc45)cc3)nc(-c3cccc4c3oc3ccccc34)n2)cc1. The predicted molar refractivity (Wildman–Crippen MR) is 194 cm³/mol. The first-order chi connectivity index (χ1) is 23.8. The van der Waals surface area contributed by atoms with Gasteiger partial charge in [-0.2, -0.15) is 0 Å². The van der Waals surface area contributed by atoms with Gasteiger partial charge in [0.1, 0.15) is 22.4 Å². The molecular weight excluding hydrogens is 590 g/mol. The van der Waals surface area contributed by atoms with Gasteiger partial charge in [0, 0.05) is 43.6 Å². The summed E-state index contributed by atoms with van der Waals surface area (Å²) in [4.78, 5) is 15.3. The zero-order chi connectivity index (χ0) is 31.6. The summed E-state index contributed by atoms with van der Waals surface area (Å²) in [6.07, 6.45) is 0. The highest BCUT2D eigenvalue weighted by molar-refractivity contribution is 6.20. The maximum absolute atomic E-state index is 6.46. The zero-order valence-corrected chi connectivity index (χ0v) is 25.6. The average molecular weight is 616 g/mol. The van der Waals surface area contributed by atoms with Crippen molar-refractivity contribution in [2.24, 2.45) is 0 Å². The molecule has 0 atom stereocenters. The van der Waals surface area contributed by atoms with Crippen molar-refractivity contribution < 1.29 is 8.83 Å². The van der Waals surface area contributed by atoms with Crippen LogP contribution >= 0.6 is 0 Å². The summed E-state index contributed by atoms with van der Waals surface area (Å²) in [6.45, 7) is 0. The highest BCUT2D eigenvalue weighted by Crippen LogP contribution is 2.40. The number of hydrogen-bond acceptors (Lipinski definition) is 5. The number of pyridine rings is 1. The molecule has 0 aliphatic rings. The van der Waals surface area contributed by atoms with Gasteiger partial charge in [-0.25, -0.2) is 15.0 Å². The quantitative estimate of drug-likeness (QED) is 0.197. The monoisotopic (exact) mass is 615 g/mol. The van der Waals surface area contributed by atoms with Gasteiger partial charge >= 0.3 is 0 Å². The molecular formula is C43H25N3O2. The lowest BCUT2D eigenvalue weighted by molar-refractivity contribution is 0.668. The standard InChI is InChI=1S/C43H25N3O2/c1-2-11-26(12-3-1)35-25-36(46-43(45-35)33-17-10-16-30-29-13-5-8-19-37(29)47-41(30)33)27-21-23-28(24-22-27)40-42-39(31-14-4-7-18-34(31)44-40)32-15-6-9-20-38(32)48-42/h1-25H. The van der Waals surface area contributed by atoms with E-state index in [1.54, 1.807) is 0 Å². The van der Waals surface area contributed by atoms with Crippen LogP contribution < -0.4 is 0 Å². The Morgan fingerprint density at radius 3 is 1.77 bits per heavy atom. The highest BCUT2D eigenvalue weighted by atomic mass is 16.3. The van der Waals surface area contributed by atoms with Crippen LogP contribution in [0, 0.1) is 0 Å². The van der Waals surface area contributed by atoms with Crippen LogP contribution in [0.15, 0.2) is 160 Å². The van der Waals surface area contributed by atoms with Crippen LogP contribution in [0.2, 0.25) is 0 Å². The first-order valence-electron chi connectivity index (χ1n) is 15.9. The second-order valence-electron chi connectivity index (χ2n) is 12.0. The number of rotatable bonds is 4. The van der Waals surface area contributed by atoms with Crippen LogP contribution in [0.25, 0.3) is 99.9 Å². The Bertz CT molecular complexity index is 2830. The van der Waals surface area contributed by atoms with Crippen molar-refractivity contribution in [2.45, 2.75) is 0 Å². The third kappa shape index (κ3) is 4.15. The molecule has 0 aliphatic heterocycles. The van der Waals surface area contributed by atoms with E-state index in [-0.39, 0.29) is 0 Å². The third-order valence-electron chi connectivity index (χ3n) is 9.11. The largest absolute Gasteiger partial charge is 0.455 e. The van der Waals surface area contributed by atoms with E-state index in [1.165, 1.54) is 0 Å². The van der Waals surface area contributed by atoms with Gasteiger partial charge in [0.25, 0.3) is 0 Å². The fourth-order valence-corrected chi connectivity index (χ4v) is 6.82. The average Bonchev–Trinajstić information content (AvgIpc) is 3.74. The van der Waals surface area contributed by atoms with Crippen LogP contribution in [0.4, 0.5) is 0 Å². The van der Waals surface area contributed by atoms with E-state index < -0.39 is 0 Å². The normalized spacial score (nSPS) is 11.8. The molecule has 10 rings (SSSR count). The molecule has 0 radical (unpaired) electrons. The van der Waals surface area contributed by atoms with Gasteiger partial charge in [0.15, 0.2) is 11.4 Å².